The van der Waals surface area contributed by atoms with Crippen molar-refractivity contribution in [2.75, 3.05) is 0 Å². The summed E-state index contributed by atoms with van der Waals surface area (Å²) in [6, 6.07) is 7.79. The second-order valence-electron chi connectivity index (χ2n) is 4.07. The number of alkyl halides is 3. The van der Waals surface area contributed by atoms with Gasteiger partial charge in [-0.3, -0.25) is 9.59 Å². The molecule has 1 heterocycles. The van der Waals surface area contributed by atoms with Crippen molar-refractivity contribution in [3.05, 3.63) is 52.2 Å². The molecule has 0 spiro atoms. The van der Waals surface area contributed by atoms with Crippen LogP contribution in [0.15, 0.2) is 41.8 Å². The second-order valence-corrected chi connectivity index (χ2v) is 5.02. The van der Waals surface area contributed by atoms with E-state index in [1.807, 2.05) is 0 Å². The molecule has 0 fully saturated rings. The Morgan fingerprint density at radius 1 is 1.05 bits per heavy atom. The molecule has 0 saturated carbocycles. The number of hydrogen-bond acceptors (Lipinski definition) is 4. The summed E-state index contributed by atoms with van der Waals surface area (Å²) in [6.07, 6.45) is -5.10. The van der Waals surface area contributed by atoms with Crippen molar-refractivity contribution >= 4 is 22.9 Å². The first-order valence-electron chi connectivity index (χ1n) is 5.81. The molecule has 7 heteroatoms. The van der Waals surface area contributed by atoms with Gasteiger partial charge in [-0.25, -0.2) is 0 Å². The predicted molar refractivity (Wildman–Crippen MR) is 70.7 cm³/mol. The van der Waals surface area contributed by atoms with E-state index in [0.29, 0.717) is 4.88 Å². The van der Waals surface area contributed by atoms with Crippen LogP contribution < -0.4 is 4.74 Å². The Labute approximate surface area is 122 Å². The number of ketones is 2. The van der Waals surface area contributed by atoms with Gasteiger partial charge in [0, 0.05) is 5.56 Å². The van der Waals surface area contributed by atoms with Gasteiger partial charge in [-0.15, -0.1) is 24.5 Å². The number of rotatable bonds is 5. The lowest BCUT2D eigenvalue weighted by Crippen LogP contribution is -2.17. The summed E-state index contributed by atoms with van der Waals surface area (Å²) >= 11 is 1.23. The summed E-state index contributed by atoms with van der Waals surface area (Å²) in [5.41, 5.74) is 0.162. The van der Waals surface area contributed by atoms with Crippen LogP contribution in [-0.4, -0.2) is 17.9 Å². The average molecular weight is 314 g/mol. The first-order chi connectivity index (χ1) is 9.85. The number of carbonyl (C=O) groups is 2. The zero-order valence-electron chi connectivity index (χ0n) is 10.5. The van der Waals surface area contributed by atoms with E-state index in [1.165, 1.54) is 23.5 Å². The van der Waals surface area contributed by atoms with E-state index in [0.717, 1.165) is 12.1 Å². The third-order valence-electron chi connectivity index (χ3n) is 2.53. The molecule has 1 aromatic heterocycles. The maximum atomic E-state index is 12.0. The van der Waals surface area contributed by atoms with Gasteiger partial charge in [-0.05, 0) is 35.7 Å². The fourth-order valence-electron chi connectivity index (χ4n) is 1.61. The molecule has 0 saturated heterocycles. The molecule has 0 N–H and O–H groups in total. The van der Waals surface area contributed by atoms with E-state index in [4.69, 9.17) is 0 Å². The summed E-state index contributed by atoms with van der Waals surface area (Å²) in [6.45, 7) is 0. The van der Waals surface area contributed by atoms with Crippen molar-refractivity contribution in [3.8, 4) is 5.75 Å². The van der Waals surface area contributed by atoms with Crippen LogP contribution in [0.4, 0.5) is 13.2 Å². The molecule has 0 amide bonds. The molecular weight excluding hydrogens is 305 g/mol. The molecule has 0 aliphatic carbocycles. The van der Waals surface area contributed by atoms with Crippen LogP contribution in [0.25, 0.3) is 0 Å². The third-order valence-corrected chi connectivity index (χ3v) is 3.44. The van der Waals surface area contributed by atoms with E-state index >= 15 is 0 Å². The van der Waals surface area contributed by atoms with Crippen molar-refractivity contribution in [1.82, 2.24) is 0 Å². The van der Waals surface area contributed by atoms with E-state index in [-0.39, 0.29) is 17.8 Å². The van der Waals surface area contributed by atoms with Gasteiger partial charge in [0.1, 0.15) is 5.75 Å². The topological polar surface area (TPSA) is 43.4 Å². The van der Waals surface area contributed by atoms with E-state index < -0.39 is 17.9 Å². The Kier molecular flexibility index (Phi) is 4.42. The summed E-state index contributed by atoms with van der Waals surface area (Å²) in [5, 5.41) is 1.72. The Hall–Kier alpha value is -2.15. The smallest absolute Gasteiger partial charge is 0.406 e. The SMILES string of the molecule is O=C(CC(=O)c1cccs1)c1ccc(OC(F)(F)F)cc1. The first-order valence-corrected chi connectivity index (χ1v) is 6.69. The summed E-state index contributed by atoms with van der Waals surface area (Å²) in [4.78, 5) is 24.1. The summed E-state index contributed by atoms with van der Waals surface area (Å²) < 4.78 is 39.7. The number of benzene rings is 1. The molecule has 2 rings (SSSR count). The fourth-order valence-corrected chi connectivity index (χ4v) is 2.28. The van der Waals surface area contributed by atoms with Gasteiger partial charge in [-0.2, -0.15) is 0 Å². The van der Waals surface area contributed by atoms with Crippen LogP contribution >= 0.6 is 11.3 Å². The van der Waals surface area contributed by atoms with Crippen LogP contribution in [-0.2, 0) is 0 Å². The molecule has 3 nitrogen and oxygen atoms in total. The summed E-state index contributed by atoms with van der Waals surface area (Å²) in [7, 11) is 0. The molecule has 0 bridgehead atoms. The fraction of sp³-hybridized carbons (Fsp3) is 0.143. The number of hydrogen-bond donors (Lipinski definition) is 0. The van der Waals surface area contributed by atoms with Crippen molar-refractivity contribution < 1.29 is 27.5 Å². The number of halogens is 3. The highest BCUT2D eigenvalue weighted by Gasteiger charge is 2.31. The lowest BCUT2D eigenvalue weighted by atomic mass is 10.1. The number of carbonyl (C=O) groups excluding carboxylic acids is 2. The molecule has 1 aromatic carbocycles. The highest BCUT2D eigenvalue weighted by atomic mass is 32.1. The van der Waals surface area contributed by atoms with Crippen LogP contribution in [0.1, 0.15) is 26.5 Å². The molecule has 0 aliphatic rings. The summed E-state index contributed by atoms with van der Waals surface area (Å²) in [5.74, 6) is -1.18. The van der Waals surface area contributed by atoms with Gasteiger partial charge >= 0.3 is 6.36 Å². The first kappa shape index (κ1) is 15.2. The lowest BCUT2D eigenvalue weighted by molar-refractivity contribution is -0.274. The van der Waals surface area contributed by atoms with Gasteiger partial charge in [0.15, 0.2) is 11.6 Å². The number of ether oxygens (including phenoxy) is 1. The average Bonchev–Trinajstić information content (AvgIpc) is 2.91. The van der Waals surface area contributed by atoms with Crippen molar-refractivity contribution in [2.45, 2.75) is 12.8 Å². The zero-order chi connectivity index (χ0) is 15.5. The van der Waals surface area contributed by atoms with Crippen LogP contribution in [0.3, 0.4) is 0 Å². The molecule has 0 radical (unpaired) electrons. The monoisotopic (exact) mass is 314 g/mol. The maximum Gasteiger partial charge on any atom is 0.573 e. The molecule has 21 heavy (non-hydrogen) atoms. The van der Waals surface area contributed by atoms with Crippen molar-refractivity contribution in [1.29, 1.82) is 0 Å². The van der Waals surface area contributed by atoms with Crippen LogP contribution in [0.2, 0.25) is 0 Å². The Balaban J connectivity index is 2.02. The molecule has 110 valence electrons. The van der Waals surface area contributed by atoms with Gasteiger partial charge in [0.2, 0.25) is 0 Å². The minimum absolute atomic E-state index is 0.162. The molecular formula is C14H9F3O3S. The van der Waals surface area contributed by atoms with E-state index in [9.17, 15) is 22.8 Å². The minimum Gasteiger partial charge on any atom is -0.406 e. The minimum atomic E-state index is -4.78. The number of Topliss-reactive ketones (excluding diaryl/α,β-unsaturated/α-hetero) is 2. The standard InChI is InChI=1S/C14H9F3O3S/c15-14(16,17)20-10-5-3-9(4-6-10)11(18)8-12(19)13-2-1-7-21-13/h1-7H,8H2. The van der Waals surface area contributed by atoms with Crippen molar-refractivity contribution in [2.24, 2.45) is 0 Å². The molecule has 0 aliphatic heterocycles. The van der Waals surface area contributed by atoms with Gasteiger partial charge in [0.05, 0.1) is 11.3 Å². The Morgan fingerprint density at radius 2 is 1.71 bits per heavy atom. The molecule has 0 atom stereocenters. The second kappa shape index (κ2) is 6.09. The molecule has 0 unspecified atom stereocenters. The molecule has 2 aromatic rings. The van der Waals surface area contributed by atoms with Gasteiger partial charge < -0.3 is 4.74 Å². The normalized spacial score (nSPS) is 11.2. The highest BCUT2D eigenvalue weighted by Crippen LogP contribution is 2.23. The van der Waals surface area contributed by atoms with Crippen LogP contribution in [0.5, 0.6) is 5.75 Å². The lowest BCUT2D eigenvalue weighted by Gasteiger charge is -2.08. The zero-order valence-corrected chi connectivity index (χ0v) is 11.3. The Bertz CT molecular complexity index is 630. The predicted octanol–water partition coefficient (Wildman–Crippen LogP) is 4.10. The van der Waals surface area contributed by atoms with E-state index in [1.54, 1.807) is 17.5 Å². The number of thiophene rings is 1. The van der Waals surface area contributed by atoms with Crippen molar-refractivity contribution in [3.63, 3.8) is 0 Å². The van der Waals surface area contributed by atoms with E-state index in [2.05, 4.69) is 4.74 Å². The van der Waals surface area contributed by atoms with Crippen LogP contribution in [0, 0.1) is 0 Å². The van der Waals surface area contributed by atoms with Gasteiger partial charge in [-0.1, -0.05) is 6.07 Å². The maximum absolute atomic E-state index is 12.0. The van der Waals surface area contributed by atoms with Gasteiger partial charge in [0.25, 0.3) is 0 Å². The quantitative estimate of drug-likeness (QED) is 0.616. The third kappa shape index (κ3) is 4.42. The highest BCUT2D eigenvalue weighted by molar-refractivity contribution is 7.12. The Morgan fingerprint density at radius 3 is 2.24 bits per heavy atom. The largest absolute Gasteiger partial charge is 0.573 e.